The molecule has 0 radical (unpaired) electrons. The van der Waals surface area contributed by atoms with Gasteiger partial charge in [-0.15, -0.1) is 10.2 Å². The van der Waals surface area contributed by atoms with Crippen molar-refractivity contribution in [3.05, 3.63) is 54.3 Å². The Balaban J connectivity index is 1.37. The van der Waals surface area contributed by atoms with Crippen molar-refractivity contribution < 1.29 is 9.15 Å². The van der Waals surface area contributed by atoms with E-state index in [1.807, 2.05) is 26.2 Å². The van der Waals surface area contributed by atoms with E-state index in [9.17, 15) is 0 Å². The van der Waals surface area contributed by atoms with Crippen LogP contribution in [0.1, 0.15) is 23.8 Å². The van der Waals surface area contributed by atoms with Crippen LogP contribution in [0.25, 0.3) is 11.6 Å². The van der Waals surface area contributed by atoms with Crippen molar-refractivity contribution in [3.63, 3.8) is 0 Å². The van der Waals surface area contributed by atoms with Crippen LogP contribution in [-0.2, 0) is 6.54 Å². The number of para-hydroxylation sites is 1. The van der Waals surface area contributed by atoms with Gasteiger partial charge in [0.2, 0.25) is 5.89 Å². The largest absolute Gasteiger partial charge is 0.492 e. The monoisotopic (exact) mass is 394 g/mol. The van der Waals surface area contributed by atoms with Crippen LogP contribution in [0, 0.1) is 0 Å². The molecule has 1 atom stereocenters. The van der Waals surface area contributed by atoms with Gasteiger partial charge in [0.25, 0.3) is 5.89 Å². The first-order chi connectivity index (χ1) is 14.2. The lowest BCUT2D eigenvalue weighted by atomic mass is 10.1. The third-order valence-electron chi connectivity index (χ3n) is 5.01. The van der Waals surface area contributed by atoms with Gasteiger partial charge in [0.05, 0.1) is 12.1 Å². The molecular weight excluding hydrogens is 368 g/mol. The molecule has 3 heterocycles. The smallest absolute Gasteiger partial charge is 0.267 e. The molecule has 0 aliphatic carbocycles. The minimum Gasteiger partial charge on any atom is -0.492 e. The Hall–Kier alpha value is -2.84. The lowest BCUT2D eigenvalue weighted by Gasteiger charge is -2.19. The second-order valence-electron chi connectivity index (χ2n) is 7.52. The van der Waals surface area contributed by atoms with Crippen LogP contribution in [-0.4, -0.2) is 70.3 Å². The highest BCUT2D eigenvalue weighted by Crippen LogP contribution is 2.30. The van der Waals surface area contributed by atoms with Crippen molar-refractivity contribution in [1.29, 1.82) is 0 Å². The molecule has 0 spiro atoms. The van der Waals surface area contributed by atoms with E-state index in [0.29, 0.717) is 24.1 Å². The van der Waals surface area contributed by atoms with E-state index in [-0.39, 0.29) is 5.92 Å². The molecule has 1 saturated heterocycles. The molecule has 152 valence electrons. The van der Waals surface area contributed by atoms with Gasteiger partial charge in [-0.1, -0.05) is 18.2 Å². The van der Waals surface area contributed by atoms with Gasteiger partial charge in [-0.25, -0.2) is 4.98 Å². The molecule has 1 aliphatic rings. The molecule has 29 heavy (non-hydrogen) atoms. The summed E-state index contributed by atoms with van der Waals surface area (Å²) in [6, 6.07) is 8.27. The van der Waals surface area contributed by atoms with Crippen LogP contribution >= 0.6 is 0 Å². The second kappa shape index (κ2) is 9.11. The number of ether oxygens (including phenoxy) is 1. The fourth-order valence-electron chi connectivity index (χ4n) is 3.44. The van der Waals surface area contributed by atoms with Crippen LogP contribution < -0.4 is 4.74 Å². The van der Waals surface area contributed by atoms with Crippen molar-refractivity contribution in [2.75, 3.05) is 40.3 Å². The Bertz CT molecular complexity index is 914. The van der Waals surface area contributed by atoms with Gasteiger partial charge in [0, 0.05) is 37.6 Å². The summed E-state index contributed by atoms with van der Waals surface area (Å²) in [7, 11) is 4.10. The fraction of sp³-hybridized carbons (Fsp3) is 0.429. The maximum Gasteiger partial charge on any atom is 0.267 e. The van der Waals surface area contributed by atoms with Gasteiger partial charge in [-0.05, 0) is 33.1 Å². The Kier molecular flexibility index (Phi) is 6.12. The van der Waals surface area contributed by atoms with E-state index in [2.05, 4.69) is 42.1 Å². The fourth-order valence-corrected chi connectivity index (χ4v) is 3.44. The zero-order valence-electron chi connectivity index (χ0n) is 16.9. The minimum atomic E-state index is 0.231. The van der Waals surface area contributed by atoms with Crippen molar-refractivity contribution >= 4 is 0 Å². The normalized spacial score (nSPS) is 17.1. The van der Waals surface area contributed by atoms with E-state index in [1.165, 1.54) is 5.56 Å². The van der Waals surface area contributed by atoms with Gasteiger partial charge in [0.15, 0.2) is 0 Å². The van der Waals surface area contributed by atoms with Crippen molar-refractivity contribution in [1.82, 2.24) is 30.0 Å². The molecule has 3 aromatic rings. The summed E-state index contributed by atoms with van der Waals surface area (Å²) in [6.45, 7) is 4.29. The number of rotatable bonds is 8. The minimum absolute atomic E-state index is 0.231. The molecular formula is C21H26N6O2. The number of nitrogens with zero attached hydrogens (tertiary/aromatic N) is 6. The highest BCUT2D eigenvalue weighted by Gasteiger charge is 2.29. The van der Waals surface area contributed by atoms with E-state index in [0.717, 1.165) is 38.3 Å². The van der Waals surface area contributed by atoms with Crippen LogP contribution in [0.15, 0.2) is 47.3 Å². The second-order valence-corrected chi connectivity index (χ2v) is 7.52. The number of hydrogen-bond donors (Lipinski definition) is 0. The van der Waals surface area contributed by atoms with E-state index >= 15 is 0 Å². The molecule has 0 amide bonds. The van der Waals surface area contributed by atoms with Crippen LogP contribution in [0.2, 0.25) is 0 Å². The zero-order valence-corrected chi connectivity index (χ0v) is 16.9. The van der Waals surface area contributed by atoms with Crippen molar-refractivity contribution in [2.24, 2.45) is 0 Å². The highest BCUT2D eigenvalue weighted by atomic mass is 16.5. The zero-order chi connectivity index (χ0) is 20.1. The molecule has 1 fully saturated rings. The summed E-state index contributed by atoms with van der Waals surface area (Å²) in [5, 5.41) is 8.39. The summed E-state index contributed by atoms with van der Waals surface area (Å²) in [5.41, 5.74) is 1.81. The number of benzene rings is 1. The molecule has 0 saturated carbocycles. The van der Waals surface area contributed by atoms with Crippen LogP contribution in [0.4, 0.5) is 0 Å². The van der Waals surface area contributed by atoms with E-state index in [1.54, 1.807) is 18.6 Å². The first-order valence-corrected chi connectivity index (χ1v) is 9.86. The van der Waals surface area contributed by atoms with Crippen molar-refractivity contribution in [2.45, 2.75) is 18.9 Å². The molecule has 4 rings (SSSR count). The Morgan fingerprint density at radius 2 is 2.10 bits per heavy atom. The lowest BCUT2D eigenvalue weighted by molar-refractivity contribution is 0.253. The lowest BCUT2D eigenvalue weighted by Crippen LogP contribution is -2.22. The molecule has 2 aromatic heterocycles. The van der Waals surface area contributed by atoms with Gasteiger partial charge < -0.3 is 14.1 Å². The first kappa shape index (κ1) is 19.5. The van der Waals surface area contributed by atoms with Gasteiger partial charge in [-0.3, -0.25) is 9.88 Å². The third-order valence-corrected chi connectivity index (χ3v) is 5.01. The van der Waals surface area contributed by atoms with E-state index in [4.69, 9.17) is 9.15 Å². The summed E-state index contributed by atoms with van der Waals surface area (Å²) in [5.74, 6) is 2.28. The van der Waals surface area contributed by atoms with Crippen LogP contribution in [0.5, 0.6) is 5.75 Å². The molecule has 0 N–H and O–H groups in total. The number of aromatic nitrogens is 4. The Morgan fingerprint density at radius 1 is 1.21 bits per heavy atom. The topological polar surface area (TPSA) is 80.4 Å². The molecule has 0 unspecified atom stereocenters. The molecule has 8 heteroatoms. The van der Waals surface area contributed by atoms with Crippen molar-refractivity contribution in [3.8, 4) is 17.3 Å². The maximum absolute atomic E-state index is 6.00. The predicted molar refractivity (Wildman–Crippen MR) is 108 cm³/mol. The first-order valence-electron chi connectivity index (χ1n) is 9.86. The Labute approximate surface area is 170 Å². The SMILES string of the molecule is CN(C)CCOc1ccccc1CN1CC[C@@H](c2nnc(-c3cnccn3)o2)C1. The number of hydrogen-bond acceptors (Lipinski definition) is 8. The average Bonchev–Trinajstić information content (AvgIpc) is 3.39. The Morgan fingerprint density at radius 3 is 2.93 bits per heavy atom. The molecule has 0 bridgehead atoms. The standard InChI is InChI=1S/C21H26N6O2/c1-26(2)11-12-28-19-6-4-3-5-16(19)14-27-10-7-17(15-27)20-24-25-21(29-20)18-13-22-8-9-23-18/h3-6,8-9,13,17H,7,10-12,14-15H2,1-2H3/t17-/m1/s1. The summed E-state index contributed by atoms with van der Waals surface area (Å²) in [6.07, 6.45) is 5.86. The predicted octanol–water partition coefficient (Wildman–Crippen LogP) is 2.46. The average molecular weight is 394 g/mol. The van der Waals surface area contributed by atoms with Crippen LogP contribution in [0.3, 0.4) is 0 Å². The maximum atomic E-state index is 6.00. The molecule has 8 nitrogen and oxygen atoms in total. The number of likely N-dealkylation sites (tertiary alicyclic amines) is 1. The summed E-state index contributed by atoms with van der Waals surface area (Å²) in [4.78, 5) is 12.8. The van der Waals surface area contributed by atoms with Gasteiger partial charge in [0.1, 0.15) is 18.1 Å². The van der Waals surface area contributed by atoms with Gasteiger partial charge >= 0.3 is 0 Å². The number of likely N-dealkylation sites (N-methyl/N-ethyl adjacent to an activating group) is 1. The highest BCUT2D eigenvalue weighted by molar-refractivity contribution is 5.43. The third kappa shape index (κ3) is 4.96. The van der Waals surface area contributed by atoms with Gasteiger partial charge in [-0.2, -0.15) is 0 Å². The quantitative estimate of drug-likeness (QED) is 0.576. The summed E-state index contributed by atoms with van der Waals surface area (Å²) >= 11 is 0. The molecule has 1 aromatic carbocycles. The van der Waals surface area contributed by atoms with E-state index < -0.39 is 0 Å². The summed E-state index contributed by atoms with van der Waals surface area (Å²) < 4.78 is 11.9. The molecule has 1 aliphatic heterocycles.